The molecule has 1 rings (SSSR count). The first-order valence-electron chi connectivity index (χ1n) is 3.60. The fraction of sp³-hybridized carbons (Fsp3) is 0.167. The van der Waals surface area contributed by atoms with Gasteiger partial charge < -0.3 is 9.84 Å². The van der Waals surface area contributed by atoms with Crippen LogP contribution in [0.3, 0.4) is 0 Å². The number of aromatic hydroxyl groups is 1. The summed E-state index contributed by atoms with van der Waals surface area (Å²) in [6, 6.07) is 0. The monoisotopic (exact) mass is 311 g/mol. The fourth-order valence-corrected chi connectivity index (χ4v) is 2.44. The number of aromatic nitrogens is 1. The average molecular weight is 312 g/mol. The van der Waals surface area contributed by atoms with Crippen molar-refractivity contribution >= 4 is 31.3 Å². The number of rotatable bonds is 2. The van der Waals surface area contributed by atoms with Gasteiger partial charge in [0.2, 0.25) is 5.88 Å². The number of hydrogen-bond acceptors (Lipinski definition) is 5. The summed E-state index contributed by atoms with van der Waals surface area (Å²) in [5.74, 6) is -2.21. The lowest BCUT2D eigenvalue weighted by molar-refractivity contribution is -0.277. The largest absolute Gasteiger partial charge is 0.574 e. The van der Waals surface area contributed by atoms with Gasteiger partial charge in [-0.1, -0.05) is 11.6 Å². The number of hydrogen-bond donors (Lipinski definition) is 1. The van der Waals surface area contributed by atoms with E-state index >= 15 is 0 Å². The molecule has 1 aromatic heterocycles. The molecule has 0 amide bonds. The van der Waals surface area contributed by atoms with Gasteiger partial charge in [0.15, 0.2) is 10.6 Å². The molecule has 5 nitrogen and oxygen atoms in total. The standard InChI is InChI=1S/C6H2Cl2F3NO4S/c7-3-2(13)1-12-5(16-6(9,10)11)4(3)17(8,14)15/h1,13H. The molecule has 17 heavy (non-hydrogen) atoms. The highest BCUT2D eigenvalue weighted by Gasteiger charge is 2.36. The van der Waals surface area contributed by atoms with E-state index in [0.717, 1.165) is 0 Å². The Morgan fingerprint density at radius 3 is 2.35 bits per heavy atom. The summed E-state index contributed by atoms with van der Waals surface area (Å²) in [5, 5.41) is 8.12. The summed E-state index contributed by atoms with van der Waals surface area (Å²) in [5.41, 5.74) is 0. The second-order valence-electron chi connectivity index (χ2n) is 2.58. The smallest absolute Gasteiger partial charge is 0.505 e. The Labute approximate surface area is 102 Å². The molecule has 0 aliphatic carbocycles. The van der Waals surface area contributed by atoms with Crippen LogP contribution in [0, 0.1) is 0 Å². The van der Waals surface area contributed by atoms with Gasteiger partial charge in [0.05, 0.1) is 6.20 Å². The van der Waals surface area contributed by atoms with Crippen LogP contribution in [0.5, 0.6) is 11.6 Å². The molecule has 0 saturated heterocycles. The highest BCUT2D eigenvalue weighted by Crippen LogP contribution is 2.39. The summed E-state index contributed by atoms with van der Waals surface area (Å²) >= 11 is 5.31. The normalized spacial score (nSPS) is 12.5. The van der Waals surface area contributed by atoms with Crippen molar-refractivity contribution in [3.8, 4) is 11.6 Å². The second-order valence-corrected chi connectivity index (χ2v) is 5.46. The number of alkyl halides is 3. The molecule has 0 radical (unpaired) electrons. The minimum atomic E-state index is -5.18. The lowest BCUT2D eigenvalue weighted by Gasteiger charge is -2.11. The predicted octanol–water partition coefficient (Wildman–Crippen LogP) is 2.27. The Balaban J connectivity index is 3.47. The summed E-state index contributed by atoms with van der Waals surface area (Å²) in [6.45, 7) is 0. The van der Waals surface area contributed by atoms with Crippen molar-refractivity contribution in [2.24, 2.45) is 0 Å². The van der Waals surface area contributed by atoms with Crippen LogP contribution in [0.4, 0.5) is 13.2 Å². The summed E-state index contributed by atoms with van der Waals surface area (Å²) in [6.07, 6.45) is -4.68. The van der Waals surface area contributed by atoms with Gasteiger partial charge in [0, 0.05) is 10.7 Å². The van der Waals surface area contributed by atoms with Gasteiger partial charge in [-0.3, -0.25) is 0 Å². The van der Waals surface area contributed by atoms with Crippen LogP contribution in [0.15, 0.2) is 11.1 Å². The first kappa shape index (κ1) is 14.1. The van der Waals surface area contributed by atoms with Gasteiger partial charge in [0.25, 0.3) is 9.05 Å². The van der Waals surface area contributed by atoms with Gasteiger partial charge in [-0.05, 0) is 0 Å². The Hall–Kier alpha value is -0.930. The van der Waals surface area contributed by atoms with Crippen LogP contribution in [-0.4, -0.2) is 24.9 Å². The zero-order chi connectivity index (χ0) is 13.4. The first-order valence-corrected chi connectivity index (χ1v) is 6.29. The molecule has 0 atom stereocenters. The molecule has 0 aromatic carbocycles. The Morgan fingerprint density at radius 1 is 1.41 bits per heavy atom. The third-order valence-corrected chi connectivity index (χ3v) is 3.20. The van der Waals surface area contributed by atoms with Gasteiger partial charge in [-0.2, -0.15) is 0 Å². The maximum atomic E-state index is 11.9. The van der Waals surface area contributed by atoms with Crippen molar-refractivity contribution in [2.75, 3.05) is 0 Å². The van der Waals surface area contributed by atoms with Gasteiger partial charge in [-0.15, -0.1) is 13.2 Å². The third-order valence-electron chi connectivity index (χ3n) is 1.38. The van der Waals surface area contributed by atoms with E-state index in [-0.39, 0.29) is 0 Å². The maximum absolute atomic E-state index is 11.9. The average Bonchev–Trinajstić information content (AvgIpc) is 2.06. The molecule has 1 aromatic rings. The molecule has 0 fully saturated rings. The Morgan fingerprint density at radius 2 is 1.94 bits per heavy atom. The number of pyridine rings is 1. The summed E-state index contributed by atoms with van der Waals surface area (Å²) < 4.78 is 61.1. The molecule has 0 spiro atoms. The third kappa shape index (κ3) is 3.51. The van der Waals surface area contributed by atoms with E-state index in [1.54, 1.807) is 0 Å². The Bertz CT molecular complexity index is 545. The topological polar surface area (TPSA) is 76.5 Å². The van der Waals surface area contributed by atoms with E-state index in [9.17, 15) is 21.6 Å². The van der Waals surface area contributed by atoms with E-state index in [1.165, 1.54) is 0 Å². The molecule has 1 heterocycles. The van der Waals surface area contributed by atoms with Crippen molar-refractivity contribution in [3.63, 3.8) is 0 Å². The Kier molecular flexibility index (Phi) is 3.65. The molecular weight excluding hydrogens is 310 g/mol. The van der Waals surface area contributed by atoms with Crippen LogP contribution in [0.25, 0.3) is 0 Å². The zero-order valence-electron chi connectivity index (χ0n) is 7.49. The molecule has 96 valence electrons. The van der Waals surface area contributed by atoms with E-state index in [2.05, 4.69) is 9.72 Å². The predicted molar refractivity (Wildman–Crippen MR) is 50.6 cm³/mol. The fourth-order valence-electron chi connectivity index (χ4n) is 0.839. The van der Waals surface area contributed by atoms with E-state index in [0.29, 0.717) is 6.20 Å². The van der Waals surface area contributed by atoms with Gasteiger partial charge in [-0.25, -0.2) is 13.4 Å². The van der Waals surface area contributed by atoms with Crippen LogP contribution >= 0.6 is 22.3 Å². The molecule has 11 heteroatoms. The highest BCUT2D eigenvalue weighted by atomic mass is 35.7. The van der Waals surface area contributed by atoms with E-state index in [4.69, 9.17) is 27.4 Å². The molecule has 1 N–H and O–H groups in total. The summed E-state index contributed by atoms with van der Waals surface area (Å²) in [4.78, 5) is 1.70. The number of ether oxygens (including phenoxy) is 1. The number of nitrogens with zero attached hydrogens (tertiary/aromatic N) is 1. The van der Waals surface area contributed by atoms with Gasteiger partial charge in [0.1, 0.15) is 5.02 Å². The minimum absolute atomic E-state index is 0.495. The van der Waals surface area contributed by atoms with E-state index in [1.807, 2.05) is 0 Å². The molecular formula is C6H2Cl2F3NO4S. The van der Waals surface area contributed by atoms with Crippen LogP contribution in [-0.2, 0) is 9.05 Å². The SMILES string of the molecule is O=S(=O)(Cl)c1c(OC(F)(F)F)ncc(O)c1Cl. The van der Waals surface area contributed by atoms with E-state index < -0.39 is 37.0 Å². The highest BCUT2D eigenvalue weighted by molar-refractivity contribution is 8.14. The maximum Gasteiger partial charge on any atom is 0.574 e. The second kappa shape index (κ2) is 4.39. The molecule has 0 unspecified atom stereocenters. The van der Waals surface area contributed by atoms with Crippen molar-refractivity contribution in [1.29, 1.82) is 0 Å². The lowest BCUT2D eigenvalue weighted by atomic mass is 10.4. The zero-order valence-corrected chi connectivity index (χ0v) is 9.82. The van der Waals surface area contributed by atoms with Crippen LogP contribution in [0.1, 0.15) is 0 Å². The molecule has 0 aliphatic rings. The molecule has 0 saturated carbocycles. The minimum Gasteiger partial charge on any atom is -0.505 e. The summed E-state index contributed by atoms with van der Waals surface area (Å²) in [7, 11) is 0.193. The van der Waals surface area contributed by atoms with Crippen molar-refractivity contribution in [1.82, 2.24) is 4.98 Å². The quantitative estimate of drug-likeness (QED) is 0.848. The van der Waals surface area contributed by atoms with Crippen LogP contribution < -0.4 is 4.74 Å². The molecule has 0 aliphatic heterocycles. The van der Waals surface area contributed by atoms with Crippen LogP contribution in [0.2, 0.25) is 5.02 Å². The van der Waals surface area contributed by atoms with Crippen molar-refractivity contribution in [3.05, 3.63) is 11.2 Å². The van der Waals surface area contributed by atoms with Gasteiger partial charge >= 0.3 is 6.36 Å². The first-order chi connectivity index (χ1) is 7.52. The lowest BCUT2D eigenvalue weighted by Crippen LogP contribution is -2.19. The van der Waals surface area contributed by atoms with Crippen molar-refractivity contribution in [2.45, 2.75) is 11.3 Å². The van der Waals surface area contributed by atoms with Crippen molar-refractivity contribution < 1.29 is 31.4 Å². The molecule has 0 bridgehead atoms. The number of halogens is 5.